The number of hydrogen-bond acceptors (Lipinski definition) is 4. The molecule has 0 unspecified atom stereocenters. The highest BCUT2D eigenvalue weighted by atomic mass is 32.1. The van der Waals surface area contributed by atoms with Crippen LogP contribution in [0, 0.1) is 0 Å². The van der Waals surface area contributed by atoms with Gasteiger partial charge in [-0.15, -0.1) is 11.3 Å². The average molecular weight is 305 g/mol. The fourth-order valence-electron chi connectivity index (χ4n) is 2.72. The zero-order chi connectivity index (χ0) is 14.5. The monoisotopic (exact) mass is 305 g/mol. The van der Waals surface area contributed by atoms with Crippen LogP contribution in [0.1, 0.15) is 35.2 Å². The van der Waals surface area contributed by atoms with Crippen LogP contribution in [0.15, 0.2) is 24.7 Å². The Kier molecular flexibility index (Phi) is 5.06. The lowest BCUT2D eigenvalue weighted by Crippen LogP contribution is -2.36. The van der Waals surface area contributed by atoms with Crippen molar-refractivity contribution in [3.63, 3.8) is 0 Å². The molecule has 2 aromatic heterocycles. The molecule has 0 spiro atoms. The Labute approximate surface area is 130 Å². The molecule has 1 saturated heterocycles. The molecule has 3 heterocycles. The molecular formula is C16H23N3OS. The van der Waals surface area contributed by atoms with Gasteiger partial charge >= 0.3 is 0 Å². The van der Waals surface area contributed by atoms with Gasteiger partial charge in [-0.25, -0.2) is 4.98 Å². The first-order chi connectivity index (χ1) is 10.3. The van der Waals surface area contributed by atoms with Crippen molar-refractivity contribution in [2.75, 3.05) is 13.1 Å². The minimum atomic E-state index is 0.382. The van der Waals surface area contributed by atoms with Gasteiger partial charge in [-0.05, 0) is 31.4 Å². The summed E-state index contributed by atoms with van der Waals surface area (Å²) < 4.78 is 5.94. The molecule has 1 aliphatic heterocycles. The number of ether oxygens (including phenoxy) is 1. The highest BCUT2D eigenvalue weighted by Crippen LogP contribution is 2.22. The first-order valence-corrected chi connectivity index (χ1v) is 8.54. The van der Waals surface area contributed by atoms with Crippen LogP contribution in [0.2, 0.25) is 0 Å². The van der Waals surface area contributed by atoms with Crippen LogP contribution in [0.25, 0.3) is 0 Å². The molecule has 0 radical (unpaired) electrons. The van der Waals surface area contributed by atoms with Crippen molar-refractivity contribution in [3.05, 3.63) is 40.1 Å². The van der Waals surface area contributed by atoms with Gasteiger partial charge in [0.2, 0.25) is 0 Å². The molecule has 0 aromatic carbocycles. The normalized spacial score (nSPS) is 17.4. The maximum atomic E-state index is 5.94. The second-order valence-electron chi connectivity index (χ2n) is 5.57. The minimum Gasteiger partial charge on any atom is -0.372 e. The van der Waals surface area contributed by atoms with Crippen molar-refractivity contribution in [2.45, 2.75) is 45.4 Å². The van der Waals surface area contributed by atoms with E-state index in [1.165, 1.54) is 9.75 Å². The molecule has 21 heavy (non-hydrogen) atoms. The lowest BCUT2D eigenvalue weighted by molar-refractivity contribution is -0.00494. The van der Waals surface area contributed by atoms with Gasteiger partial charge in [-0.2, -0.15) is 0 Å². The van der Waals surface area contributed by atoms with Crippen LogP contribution >= 0.6 is 11.3 Å². The molecular weight excluding hydrogens is 282 g/mol. The highest BCUT2D eigenvalue weighted by Gasteiger charge is 2.20. The summed E-state index contributed by atoms with van der Waals surface area (Å²) in [4.78, 5) is 12.7. The van der Waals surface area contributed by atoms with E-state index in [1.807, 2.05) is 17.5 Å². The third-order valence-corrected chi connectivity index (χ3v) is 5.22. The lowest BCUT2D eigenvalue weighted by atomic mass is 10.1. The molecule has 1 fully saturated rings. The zero-order valence-electron chi connectivity index (χ0n) is 12.5. The van der Waals surface area contributed by atoms with Crippen LogP contribution in [0.3, 0.4) is 0 Å². The van der Waals surface area contributed by atoms with E-state index in [0.29, 0.717) is 12.7 Å². The molecule has 3 rings (SSSR count). The van der Waals surface area contributed by atoms with E-state index in [2.05, 4.69) is 33.9 Å². The SMILES string of the molecule is CCc1ccc(CN2CCC(OCc3c[nH]cn3)CC2)s1. The number of nitrogens with zero attached hydrogens (tertiary/aromatic N) is 2. The quantitative estimate of drug-likeness (QED) is 0.891. The third-order valence-electron chi connectivity index (χ3n) is 4.00. The summed E-state index contributed by atoms with van der Waals surface area (Å²) in [6, 6.07) is 4.55. The van der Waals surface area contributed by atoms with E-state index < -0.39 is 0 Å². The van der Waals surface area contributed by atoms with Gasteiger partial charge in [-0.1, -0.05) is 6.92 Å². The van der Waals surface area contributed by atoms with Crippen molar-refractivity contribution in [2.24, 2.45) is 0 Å². The van der Waals surface area contributed by atoms with Gasteiger partial charge < -0.3 is 9.72 Å². The van der Waals surface area contributed by atoms with Crippen molar-refractivity contribution < 1.29 is 4.74 Å². The smallest absolute Gasteiger partial charge is 0.0924 e. The van der Waals surface area contributed by atoms with Gasteiger partial charge in [0, 0.05) is 35.6 Å². The van der Waals surface area contributed by atoms with Gasteiger partial charge in [-0.3, -0.25) is 4.90 Å². The highest BCUT2D eigenvalue weighted by molar-refractivity contribution is 7.11. The Morgan fingerprint density at radius 2 is 2.14 bits per heavy atom. The van der Waals surface area contributed by atoms with Crippen molar-refractivity contribution >= 4 is 11.3 Å². The summed E-state index contributed by atoms with van der Waals surface area (Å²) in [5, 5.41) is 0. The maximum absolute atomic E-state index is 5.94. The maximum Gasteiger partial charge on any atom is 0.0924 e. The van der Waals surface area contributed by atoms with E-state index in [4.69, 9.17) is 4.74 Å². The number of aryl methyl sites for hydroxylation is 1. The number of hydrogen-bond donors (Lipinski definition) is 1. The van der Waals surface area contributed by atoms with E-state index in [-0.39, 0.29) is 0 Å². The van der Waals surface area contributed by atoms with Gasteiger partial charge in [0.25, 0.3) is 0 Å². The number of rotatable bonds is 6. The fourth-order valence-corrected chi connectivity index (χ4v) is 3.73. The molecule has 1 N–H and O–H groups in total. The van der Waals surface area contributed by atoms with Gasteiger partial charge in [0.1, 0.15) is 0 Å². The summed E-state index contributed by atoms with van der Waals surface area (Å²) in [6.45, 7) is 6.20. The third kappa shape index (κ3) is 4.15. The van der Waals surface area contributed by atoms with Crippen LogP contribution in [-0.2, 0) is 24.3 Å². The summed E-state index contributed by atoms with van der Waals surface area (Å²) >= 11 is 1.95. The Bertz CT molecular complexity index is 529. The van der Waals surface area contributed by atoms with E-state index in [9.17, 15) is 0 Å². The number of likely N-dealkylation sites (tertiary alicyclic amines) is 1. The molecule has 4 nitrogen and oxygen atoms in total. The van der Waals surface area contributed by atoms with Crippen LogP contribution in [-0.4, -0.2) is 34.1 Å². The molecule has 1 aliphatic rings. The summed E-state index contributed by atoms with van der Waals surface area (Å²) in [6.07, 6.45) is 7.37. The predicted molar refractivity (Wildman–Crippen MR) is 85.4 cm³/mol. The Balaban J connectivity index is 1.40. The second-order valence-corrected chi connectivity index (χ2v) is 6.82. The van der Waals surface area contributed by atoms with Gasteiger partial charge in [0.15, 0.2) is 0 Å². The summed E-state index contributed by atoms with van der Waals surface area (Å²) in [5.74, 6) is 0. The predicted octanol–water partition coefficient (Wildman–Crippen LogP) is 3.21. The number of thiophene rings is 1. The number of imidazole rings is 1. The fraction of sp³-hybridized carbons (Fsp3) is 0.562. The molecule has 2 aromatic rings. The van der Waals surface area contributed by atoms with Crippen molar-refractivity contribution in [1.82, 2.24) is 14.9 Å². The molecule has 0 bridgehead atoms. The second kappa shape index (κ2) is 7.20. The van der Waals surface area contributed by atoms with E-state index in [0.717, 1.165) is 44.6 Å². The lowest BCUT2D eigenvalue weighted by Gasteiger charge is -2.31. The van der Waals surface area contributed by atoms with Crippen molar-refractivity contribution in [1.29, 1.82) is 0 Å². The number of piperidine rings is 1. The molecule has 114 valence electrons. The summed E-state index contributed by atoms with van der Waals surface area (Å²) in [5.41, 5.74) is 0.989. The Morgan fingerprint density at radius 3 is 2.81 bits per heavy atom. The number of H-pyrrole nitrogens is 1. The topological polar surface area (TPSA) is 41.1 Å². The molecule has 0 amide bonds. The molecule has 0 aliphatic carbocycles. The Hall–Kier alpha value is -1.17. The van der Waals surface area contributed by atoms with E-state index >= 15 is 0 Å². The number of aromatic nitrogens is 2. The standard InChI is InChI=1S/C16H23N3OS/c1-2-15-3-4-16(21-15)10-19-7-5-14(6-8-19)20-11-13-9-17-12-18-13/h3-4,9,12,14H,2,5-8,10-11H2,1H3,(H,17,18). The largest absolute Gasteiger partial charge is 0.372 e. The van der Waals surface area contributed by atoms with Crippen LogP contribution < -0.4 is 0 Å². The first kappa shape index (κ1) is 14.8. The van der Waals surface area contributed by atoms with Crippen LogP contribution in [0.4, 0.5) is 0 Å². The molecule has 0 atom stereocenters. The number of aromatic amines is 1. The average Bonchev–Trinajstić information content (AvgIpc) is 3.18. The van der Waals surface area contributed by atoms with Gasteiger partial charge in [0.05, 0.1) is 24.7 Å². The van der Waals surface area contributed by atoms with Crippen molar-refractivity contribution in [3.8, 4) is 0 Å². The van der Waals surface area contributed by atoms with E-state index in [1.54, 1.807) is 6.33 Å². The molecule has 0 saturated carbocycles. The van der Waals surface area contributed by atoms with Crippen LogP contribution in [0.5, 0.6) is 0 Å². The Morgan fingerprint density at radius 1 is 1.33 bits per heavy atom. The summed E-state index contributed by atoms with van der Waals surface area (Å²) in [7, 11) is 0. The molecule has 5 heteroatoms. The zero-order valence-corrected chi connectivity index (χ0v) is 13.4. The first-order valence-electron chi connectivity index (χ1n) is 7.72. The minimum absolute atomic E-state index is 0.382. The number of nitrogens with one attached hydrogen (secondary N) is 1.